The first-order valence-corrected chi connectivity index (χ1v) is 11.0. The van der Waals surface area contributed by atoms with E-state index in [-0.39, 0.29) is 17.6 Å². The normalized spacial score (nSPS) is 16.1. The Balaban J connectivity index is 1.48. The van der Waals surface area contributed by atoms with Crippen LogP contribution in [-0.4, -0.2) is 36.3 Å². The van der Waals surface area contributed by atoms with Crippen LogP contribution in [-0.2, 0) is 16.1 Å². The van der Waals surface area contributed by atoms with Crippen molar-refractivity contribution in [2.24, 2.45) is 0 Å². The Hall–Kier alpha value is -3.27. The molecule has 1 saturated heterocycles. The average Bonchev–Trinajstić information content (AvgIpc) is 3.45. The summed E-state index contributed by atoms with van der Waals surface area (Å²) in [4.78, 5) is 12.5. The Morgan fingerprint density at radius 1 is 1.28 bits per heavy atom. The van der Waals surface area contributed by atoms with Gasteiger partial charge < -0.3 is 19.4 Å². The highest BCUT2D eigenvalue weighted by Crippen LogP contribution is 2.24. The minimum atomic E-state index is -0.383. The van der Waals surface area contributed by atoms with E-state index in [1.807, 2.05) is 48.7 Å². The van der Waals surface area contributed by atoms with E-state index in [9.17, 15) is 10.1 Å². The average molecular weight is 450 g/mol. The monoisotopic (exact) mass is 449 g/mol. The zero-order valence-electron chi connectivity index (χ0n) is 17.6. The maximum atomic E-state index is 12.5. The summed E-state index contributed by atoms with van der Waals surface area (Å²) < 4.78 is 13.4. The van der Waals surface area contributed by atoms with Crippen molar-refractivity contribution in [1.29, 1.82) is 5.26 Å². The van der Waals surface area contributed by atoms with Crippen LogP contribution in [0, 0.1) is 11.3 Å². The number of hydrogen-bond acceptors (Lipinski definition) is 4. The molecule has 164 valence electrons. The molecule has 1 N–H and O–H groups in total. The molecule has 4 rings (SSSR count). The third kappa shape index (κ3) is 5.31. The second-order valence-corrected chi connectivity index (χ2v) is 8.05. The van der Waals surface area contributed by atoms with Crippen molar-refractivity contribution < 1.29 is 14.3 Å². The van der Waals surface area contributed by atoms with Crippen molar-refractivity contribution in [3.8, 4) is 11.8 Å². The van der Waals surface area contributed by atoms with Gasteiger partial charge in [-0.3, -0.25) is 4.79 Å². The van der Waals surface area contributed by atoms with Crippen LogP contribution in [0.2, 0.25) is 5.02 Å². The van der Waals surface area contributed by atoms with E-state index in [0.717, 1.165) is 41.7 Å². The topological polar surface area (TPSA) is 76.3 Å². The highest BCUT2D eigenvalue weighted by Gasteiger charge is 2.18. The number of fused-ring (bicyclic) bond motifs is 1. The summed E-state index contributed by atoms with van der Waals surface area (Å²) in [5.74, 6) is 0.367. The zero-order chi connectivity index (χ0) is 22.3. The van der Waals surface area contributed by atoms with Gasteiger partial charge in [0.2, 0.25) is 0 Å². The molecule has 1 amide bonds. The first-order chi connectivity index (χ1) is 15.6. The lowest BCUT2D eigenvalue weighted by Gasteiger charge is -2.10. The van der Waals surface area contributed by atoms with Gasteiger partial charge in [-0.1, -0.05) is 29.8 Å². The predicted molar refractivity (Wildman–Crippen MR) is 124 cm³/mol. The molecule has 0 unspecified atom stereocenters. The number of nitrogens with one attached hydrogen (secondary N) is 1. The van der Waals surface area contributed by atoms with Gasteiger partial charge in [-0.2, -0.15) is 5.26 Å². The number of nitrogens with zero attached hydrogens (tertiary/aromatic N) is 2. The van der Waals surface area contributed by atoms with Crippen LogP contribution in [0.3, 0.4) is 0 Å². The first-order valence-electron chi connectivity index (χ1n) is 10.6. The summed E-state index contributed by atoms with van der Waals surface area (Å²) >= 11 is 5.92. The number of halogens is 1. The van der Waals surface area contributed by atoms with Crippen LogP contribution in [0.15, 0.2) is 60.3 Å². The van der Waals surface area contributed by atoms with Gasteiger partial charge in [-0.25, -0.2) is 0 Å². The smallest absolute Gasteiger partial charge is 0.262 e. The standard InChI is InChI=1S/C25H24ClN3O3/c26-20-7-9-21(10-8-20)32-13-11-29-17-19(23-5-1-2-6-24(23)29)14-18(15-27)25(30)28-16-22-4-3-12-31-22/h1-2,5-10,14,17,22H,3-4,11-13,16H2,(H,28,30)/b18-14+/t22-/m1/s1. The second kappa shape index (κ2) is 10.4. The number of carbonyl (C=O) groups excluding carboxylic acids is 1. The van der Waals surface area contributed by atoms with Gasteiger partial charge in [-0.05, 0) is 49.2 Å². The Morgan fingerprint density at radius 2 is 2.09 bits per heavy atom. The van der Waals surface area contributed by atoms with Gasteiger partial charge in [0.15, 0.2) is 0 Å². The molecular formula is C25H24ClN3O3. The fourth-order valence-electron chi connectivity index (χ4n) is 3.78. The van der Waals surface area contributed by atoms with Gasteiger partial charge in [-0.15, -0.1) is 0 Å². The van der Waals surface area contributed by atoms with Gasteiger partial charge in [0.1, 0.15) is 24.0 Å². The van der Waals surface area contributed by atoms with Crippen molar-refractivity contribution in [3.05, 3.63) is 70.9 Å². The van der Waals surface area contributed by atoms with Gasteiger partial charge in [0.25, 0.3) is 5.91 Å². The minimum Gasteiger partial charge on any atom is -0.492 e. The van der Waals surface area contributed by atoms with Crippen molar-refractivity contribution in [2.45, 2.75) is 25.5 Å². The van der Waals surface area contributed by atoms with E-state index >= 15 is 0 Å². The number of para-hydroxylation sites is 1. The lowest BCUT2D eigenvalue weighted by Crippen LogP contribution is -2.32. The molecule has 1 aliphatic heterocycles. The Labute approximate surface area is 192 Å². The Kier molecular flexibility index (Phi) is 7.10. The predicted octanol–water partition coefficient (Wildman–Crippen LogP) is 4.58. The molecule has 0 aliphatic carbocycles. The molecule has 0 radical (unpaired) electrons. The third-order valence-electron chi connectivity index (χ3n) is 5.41. The van der Waals surface area contributed by atoms with Crippen LogP contribution in [0.25, 0.3) is 17.0 Å². The second-order valence-electron chi connectivity index (χ2n) is 7.61. The van der Waals surface area contributed by atoms with Crippen LogP contribution >= 0.6 is 11.6 Å². The van der Waals surface area contributed by atoms with Gasteiger partial charge in [0.05, 0.1) is 12.6 Å². The van der Waals surface area contributed by atoms with E-state index in [0.29, 0.717) is 24.7 Å². The molecule has 32 heavy (non-hydrogen) atoms. The summed E-state index contributed by atoms with van der Waals surface area (Å²) in [7, 11) is 0. The minimum absolute atomic E-state index is 0.0291. The van der Waals surface area contributed by atoms with Crippen molar-refractivity contribution in [2.75, 3.05) is 19.8 Å². The van der Waals surface area contributed by atoms with E-state index < -0.39 is 0 Å². The van der Waals surface area contributed by atoms with Gasteiger partial charge in [0, 0.05) is 40.8 Å². The van der Waals surface area contributed by atoms with Crippen LogP contribution in [0.4, 0.5) is 0 Å². The molecule has 0 saturated carbocycles. The molecule has 1 aliphatic rings. The fourth-order valence-corrected chi connectivity index (χ4v) is 3.91. The van der Waals surface area contributed by atoms with Crippen LogP contribution < -0.4 is 10.1 Å². The maximum Gasteiger partial charge on any atom is 0.262 e. The lowest BCUT2D eigenvalue weighted by molar-refractivity contribution is -0.117. The first kappa shape index (κ1) is 21.9. The summed E-state index contributed by atoms with van der Waals surface area (Å²) in [5, 5.41) is 14.0. The quantitative estimate of drug-likeness (QED) is 0.403. The van der Waals surface area contributed by atoms with Crippen molar-refractivity contribution >= 4 is 34.5 Å². The summed E-state index contributed by atoms with van der Waals surface area (Å²) in [6, 6.07) is 17.2. The summed E-state index contributed by atoms with van der Waals surface area (Å²) in [6.07, 6.45) is 5.55. The number of nitriles is 1. The van der Waals surface area contributed by atoms with Crippen LogP contribution in [0.1, 0.15) is 18.4 Å². The number of rotatable bonds is 8. The molecule has 1 fully saturated rings. The van der Waals surface area contributed by atoms with Crippen molar-refractivity contribution in [1.82, 2.24) is 9.88 Å². The molecule has 6 nitrogen and oxygen atoms in total. The molecule has 1 atom stereocenters. The molecule has 2 heterocycles. The third-order valence-corrected chi connectivity index (χ3v) is 5.67. The maximum absolute atomic E-state index is 12.5. The number of aromatic nitrogens is 1. The largest absolute Gasteiger partial charge is 0.492 e. The number of carbonyl (C=O) groups is 1. The zero-order valence-corrected chi connectivity index (χ0v) is 18.3. The Morgan fingerprint density at radius 3 is 2.84 bits per heavy atom. The molecular weight excluding hydrogens is 426 g/mol. The van der Waals surface area contributed by atoms with Gasteiger partial charge >= 0.3 is 0 Å². The molecule has 2 aromatic carbocycles. The van der Waals surface area contributed by atoms with E-state index in [1.165, 1.54) is 0 Å². The van der Waals surface area contributed by atoms with E-state index in [4.69, 9.17) is 21.1 Å². The fraction of sp³-hybridized carbons (Fsp3) is 0.280. The Bertz CT molecular complexity index is 1160. The lowest BCUT2D eigenvalue weighted by atomic mass is 10.1. The summed E-state index contributed by atoms with van der Waals surface area (Å²) in [6.45, 7) is 2.23. The highest BCUT2D eigenvalue weighted by atomic mass is 35.5. The summed E-state index contributed by atoms with van der Waals surface area (Å²) in [5.41, 5.74) is 1.90. The molecule has 3 aromatic rings. The van der Waals surface area contributed by atoms with E-state index in [1.54, 1.807) is 18.2 Å². The number of hydrogen-bond donors (Lipinski definition) is 1. The molecule has 0 bridgehead atoms. The number of amides is 1. The SMILES string of the molecule is N#C/C(=C\c1cn(CCOc2ccc(Cl)cc2)c2ccccc12)C(=O)NC[C@H]1CCCO1. The molecule has 0 spiro atoms. The molecule has 1 aromatic heterocycles. The van der Waals surface area contributed by atoms with Crippen LogP contribution in [0.5, 0.6) is 5.75 Å². The number of benzene rings is 2. The van der Waals surface area contributed by atoms with Crippen molar-refractivity contribution in [3.63, 3.8) is 0 Å². The van der Waals surface area contributed by atoms with E-state index in [2.05, 4.69) is 9.88 Å². The molecule has 7 heteroatoms. The highest BCUT2D eigenvalue weighted by molar-refractivity contribution is 6.30. The number of ether oxygens (including phenoxy) is 2.